The monoisotopic (exact) mass is 251 g/mol. The molecule has 0 bridgehead atoms. The summed E-state index contributed by atoms with van der Waals surface area (Å²) in [5, 5.41) is 2.78. The topological polar surface area (TPSA) is 46.2 Å². The predicted molar refractivity (Wildman–Crippen MR) is 67.9 cm³/mol. The lowest BCUT2D eigenvalue weighted by Crippen LogP contribution is -2.26. The maximum atomic E-state index is 11.9. The zero-order chi connectivity index (χ0) is 12.8. The summed E-state index contributed by atoms with van der Waals surface area (Å²) in [6, 6.07) is 3.71. The molecule has 0 aromatic heterocycles. The zero-order valence-electron chi connectivity index (χ0n) is 10.1. The second-order valence-corrected chi connectivity index (χ2v) is 5.14. The van der Waals surface area contributed by atoms with Gasteiger partial charge in [-0.2, -0.15) is 0 Å². The van der Waals surface area contributed by atoms with E-state index in [1.54, 1.807) is 6.07 Å². The van der Waals surface area contributed by atoms with E-state index in [0.29, 0.717) is 11.3 Å². The Morgan fingerprint density at radius 3 is 2.65 bits per heavy atom. The van der Waals surface area contributed by atoms with Crippen LogP contribution in [0.25, 0.3) is 0 Å². The number of alkyl halides is 1. The van der Waals surface area contributed by atoms with Crippen molar-refractivity contribution < 1.29 is 9.59 Å². The van der Waals surface area contributed by atoms with Gasteiger partial charge >= 0.3 is 0 Å². The Morgan fingerprint density at radius 1 is 1.41 bits per heavy atom. The third-order valence-corrected chi connectivity index (χ3v) is 3.43. The molecule has 1 amide bonds. The van der Waals surface area contributed by atoms with Crippen molar-refractivity contribution in [2.45, 2.75) is 26.2 Å². The fourth-order valence-corrected chi connectivity index (χ4v) is 2.24. The Bertz CT molecular complexity index is 520. The fraction of sp³-hybridized carbons (Fsp3) is 0.385. The second-order valence-electron chi connectivity index (χ2n) is 4.87. The number of hydrogen-bond acceptors (Lipinski definition) is 2. The van der Waals surface area contributed by atoms with Crippen molar-refractivity contribution in [2.75, 3.05) is 11.2 Å². The molecule has 1 aromatic carbocycles. The summed E-state index contributed by atoms with van der Waals surface area (Å²) in [7, 11) is 0. The van der Waals surface area contributed by atoms with E-state index in [0.717, 1.165) is 11.1 Å². The van der Waals surface area contributed by atoms with Crippen LogP contribution in [-0.4, -0.2) is 17.6 Å². The van der Waals surface area contributed by atoms with Gasteiger partial charge in [0, 0.05) is 5.56 Å². The lowest BCUT2D eigenvalue weighted by molar-refractivity contribution is -0.119. The van der Waals surface area contributed by atoms with Gasteiger partial charge in [0.2, 0.25) is 5.91 Å². The minimum atomic E-state index is -0.595. The molecule has 1 aromatic rings. The number of anilines is 1. The Kier molecular flexibility index (Phi) is 2.74. The van der Waals surface area contributed by atoms with E-state index in [9.17, 15) is 9.59 Å². The molecule has 1 N–H and O–H groups in total. The average Bonchev–Trinajstić information content (AvgIpc) is 2.50. The summed E-state index contributed by atoms with van der Waals surface area (Å²) in [4.78, 5) is 23.6. The molecule has 1 aliphatic heterocycles. The number of rotatable bonds is 2. The number of carbonyl (C=O) groups is 2. The van der Waals surface area contributed by atoms with E-state index in [1.807, 2.05) is 26.8 Å². The minimum Gasteiger partial charge on any atom is -0.324 e. The van der Waals surface area contributed by atoms with Crippen molar-refractivity contribution in [2.24, 2.45) is 0 Å². The van der Waals surface area contributed by atoms with E-state index in [4.69, 9.17) is 11.6 Å². The molecule has 0 radical (unpaired) electrons. The maximum absolute atomic E-state index is 11.9. The molecule has 90 valence electrons. The molecule has 0 saturated carbocycles. The van der Waals surface area contributed by atoms with Crippen LogP contribution in [-0.2, 0) is 10.2 Å². The van der Waals surface area contributed by atoms with E-state index >= 15 is 0 Å². The molecule has 0 unspecified atom stereocenters. The highest BCUT2D eigenvalue weighted by molar-refractivity contribution is 6.31. The first-order chi connectivity index (χ1) is 7.87. The van der Waals surface area contributed by atoms with Crippen molar-refractivity contribution in [3.8, 4) is 0 Å². The number of hydrogen-bond donors (Lipinski definition) is 1. The molecule has 0 spiro atoms. The summed E-state index contributed by atoms with van der Waals surface area (Å²) in [6.45, 7) is 5.61. The third kappa shape index (κ3) is 1.75. The molecule has 17 heavy (non-hydrogen) atoms. The normalized spacial score (nSPS) is 16.6. The van der Waals surface area contributed by atoms with E-state index < -0.39 is 5.41 Å². The van der Waals surface area contributed by atoms with Crippen LogP contribution in [0.3, 0.4) is 0 Å². The van der Waals surface area contributed by atoms with Crippen LogP contribution >= 0.6 is 11.6 Å². The molecular weight excluding hydrogens is 238 g/mol. The number of ketones is 1. The highest BCUT2D eigenvalue weighted by atomic mass is 35.5. The number of carbonyl (C=O) groups excluding carboxylic acids is 2. The van der Waals surface area contributed by atoms with Crippen molar-refractivity contribution in [1.29, 1.82) is 0 Å². The molecular formula is C13H14ClNO2. The van der Waals surface area contributed by atoms with E-state index in [-0.39, 0.29) is 17.6 Å². The molecule has 0 saturated heterocycles. The first-order valence-corrected chi connectivity index (χ1v) is 5.97. The Hall–Kier alpha value is -1.35. The van der Waals surface area contributed by atoms with Crippen molar-refractivity contribution >= 4 is 29.0 Å². The van der Waals surface area contributed by atoms with Crippen molar-refractivity contribution in [1.82, 2.24) is 0 Å². The molecule has 3 nitrogen and oxygen atoms in total. The van der Waals surface area contributed by atoms with Gasteiger partial charge in [-0.25, -0.2) is 0 Å². The van der Waals surface area contributed by atoms with Crippen LogP contribution in [0.15, 0.2) is 12.1 Å². The fourth-order valence-electron chi connectivity index (χ4n) is 2.10. The largest absolute Gasteiger partial charge is 0.324 e. The van der Waals surface area contributed by atoms with Gasteiger partial charge in [0.1, 0.15) is 0 Å². The Morgan fingerprint density at radius 2 is 2.06 bits per heavy atom. The third-order valence-electron chi connectivity index (χ3n) is 3.18. The molecule has 1 aliphatic rings. The average molecular weight is 252 g/mol. The van der Waals surface area contributed by atoms with Crippen molar-refractivity contribution in [3.63, 3.8) is 0 Å². The van der Waals surface area contributed by atoms with Gasteiger partial charge in [0.25, 0.3) is 0 Å². The van der Waals surface area contributed by atoms with Gasteiger partial charge in [0.05, 0.1) is 17.0 Å². The first-order valence-electron chi connectivity index (χ1n) is 5.43. The smallest absolute Gasteiger partial charge is 0.234 e. The first kappa shape index (κ1) is 12.1. The number of halogens is 1. The molecule has 1 heterocycles. The lowest BCUT2D eigenvalue weighted by atomic mass is 9.84. The van der Waals surface area contributed by atoms with Crippen LogP contribution < -0.4 is 5.32 Å². The van der Waals surface area contributed by atoms with E-state index in [1.165, 1.54) is 0 Å². The number of benzene rings is 1. The number of amides is 1. The predicted octanol–water partition coefficient (Wildman–Crippen LogP) is 2.65. The summed E-state index contributed by atoms with van der Waals surface area (Å²) < 4.78 is 0. The van der Waals surface area contributed by atoms with Crippen molar-refractivity contribution in [3.05, 3.63) is 28.8 Å². The Labute approximate surface area is 105 Å². The highest BCUT2D eigenvalue weighted by Crippen LogP contribution is 2.40. The highest BCUT2D eigenvalue weighted by Gasteiger charge is 2.40. The van der Waals surface area contributed by atoms with Crippen LogP contribution in [0.2, 0.25) is 0 Å². The molecule has 2 rings (SSSR count). The molecule has 0 atom stereocenters. The van der Waals surface area contributed by atoms with Gasteiger partial charge in [-0.05, 0) is 38.0 Å². The van der Waals surface area contributed by atoms with Gasteiger partial charge in [-0.15, -0.1) is 11.6 Å². The molecule has 0 fully saturated rings. The van der Waals surface area contributed by atoms with Crippen LogP contribution in [0.5, 0.6) is 0 Å². The summed E-state index contributed by atoms with van der Waals surface area (Å²) in [6.07, 6.45) is 0. The quantitative estimate of drug-likeness (QED) is 0.649. The van der Waals surface area contributed by atoms with Gasteiger partial charge in [-0.3, -0.25) is 9.59 Å². The zero-order valence-corrected chi connectivity index (χ0v) is 10.8. The Balaban J connectivity index is 2.69. The van der Waals surface area contributed by atoms with Gasteiger partial charge < -0.3 is 5.32 Å². The summed E-state index contributed by atoms with van der Waals surface area (Å²) in [5.74, 6) is -0.321. The number of nitrogens with one attached hydrogen (secondary N) is 1. The summed E-state index contributed by atoms with van der Waals surface area (Å²) in [5.41, 5.74) is 2.37. The van der Waals surface area contributed by atoms with Crippen LogP contribution in [0.4, 0.5) is 5.69 Å². The standard InChI is InChI=1S/C13H14ClNO2/c1-7-4-8(10(16)6-14)11-9(5-7)13(2,3)12(17)15-11/h4-5H,6H2,1-3H3,(H,15,17). The summed E-state index contributed by atoms with van der Waals surface area (Å²) >= 11 is 5.59. The van der Waals surface area contributed by atoms with E-state index in [2.05, 4.69) is 5.32 Å². The van der Waals surface area contributed by atoms with Crippen LogP contribution in [0, 0.1) is 6.92 Å². The SMILES string of the molecule is Cc1cc(C(=O)CCl)c2c(c1)C(C)(C)C(=O)N2. The number of Topliss-reactive ketones (excluding diaryl/α,β-unsaturated/α-hetero) is 1. The lowest BCUT2D eigenvalue weighted by Gasteiger charge is -2.16. The maximum Gasteiger partial charge on any atom is 0.234 e. The minimum absolute atomic E-state index is 0.0772. The number of aryl methyl sites for hydroxylation is 1. The number of fused-ring (bicyclic) bond motifs is 1. The second kappa shape index (κ2) is 3.84. The van der Waals surface area contributed by atoms with Gasteiger partial charge in [0.15, 0.2) is 5.78 Å². The van der Waals surface area contributed by atoms with Gasteiger partial charge in [-0.1, -0.05) is 6.07 Å². The molecule has 4 heteroatoms. The van der Waals surface area contributed by atoms with Crippen LogP contribution in [0.1, 0.15) is 35.3 Å². The molecule has 0 aliphatic carbocycles.